The topological polar surface area (TPSA) is 29.1 Å². The van der Waals surface area contributed by atoms with E-state index >= 15 is 0 Å². The maximum Gasteiger partial charge on any atom is 0.179 e. The molecule has 2 nitrogen and oxygen atoms in total. The van der Waals surface area contributed by atoms with Gasteiger partial charge in [0.1, 0.15) is 0 Å². The third kappa shape index (κ3) is 4.31. The maximum absolute atomic E-state index is 12.2. The minimum atomic E-state index is -0.150. The van der Waals surface area contributed by atoms with Crippen molar-refractivity contribution in [3.8, 4) is 0 Å². The number of hydrogen-bond donors (Lipinski definition) is 1. The molecule has 1 aromatic rings. The van der Waals surface area contributed by atoms with Crippen LogP contribution in [0.1, 0.15) is 50.5 Å². The van der Waals surface area contributed by atoms with Crippen LogP contribution >= 0.6 is 0 Å². The molecule has 0 aromatic heterocycles. The normalized spacial score (nSPS) is 13.5. The van der Waals surface area contributed by atoms with Crippen molar-refractivity contribution in [2.24, 2.45) is 0 Å². The van der Waals surface area contributed by atoms with E-state index in [4.69, 9.17) is 0 Å². The first-order chi connectivity index (χ1) is 7.83. The molecule has 17 heavy (non-hydrogen) atoms. The molecule has 0 fully saturated rings. The summed E-state index contributed by atoms with van der Waals surface area (Å²) in [6.07, 6.45) is 1.00. The molecule has 0 saturated carbocycles. The largest absolute Gasteiger partial charge is 0.303 e. The summed E-state index contributed by atoms with van der Waals surface area (Å²) in [6, 6.07) is 7.74. The van der Waals surface area contributed by atoms with Gasteiger partial charge < -0.3 is 5.32 Å². The third-order valence-electron chi connectivity index (χ3n) is 2.69. The van der Waals surface area contributed by atoms with Gasteiger partial charge in [-0.25, -0.2) is 0 Å². The highest BCUT2D eigenvalue weighted by atomic mass is 16.1. The van der Waals surface area contributed by atoms with Crippen molar-refractivity contribution in [3.05, 3.63) is 35.4 Å². The minimum Gasteiger partial charge on any atom is -0.303 e. The average Bonchev–Trinajstić information content (AvgIpc) is 2.26. The molecule has 0 amide bonds. The van der Waals surface area contributed by atoms with Gasteiger partial charge in [0.2, 0.25) is 0 Å². The van der Waals surface area contributed by atoms with Gasteiger partial charge in [-0.3, -0.25) is 4.79 Å². The second kappa shape index (κ2) is 5.46. The van der Waals surface area contributed by atoms with Gasteiger partial charge in [-0.1, -0.05) is 31.2 Å². The first-order valence-corrected chi connectivity index (χ1v) is 6.24. The molecule has 1 rings (SSSR count). The van der Waals surface area contributed by atoms with Crippen molar-refractivity contribution in [2.45, 2.75) is 52.6 Å². The number of rotatable bonds is 4. The predicted molar refractivity (Wildman–Crippen MR) is 72.5 cm³/mol. The SMILES string of the molecule is CCc1ccc(C(=O)C(C)NC(C)(C)C)cc1. The molecule has 1 unspecified atom stereocenters. The highest BCUT2D eigenvalue weighted by Crippen LogP contribution is 2.10. The summed E-state index contributed by atoms with van der Waals surface area (Å²) in [5, 5.41) is 3.30. The van der Waals surface area contributed by atoms with Crippen LogP contribution in [0.3, 0.4) is 0 Å². The number of carbonyl (C=O) groups is 1. The van der Waals surface area contributed by atoms with Gasteiger partial charge in [-0.2, -0.15) is 0 Å². The lowest BCUT2D eigenvalue weighted by Gasteiger charge is -2.25. The zero-order chi connectivity index (χ0) is 13.1. The summed E-state index contributed by atoms with van der Waals surface area (Å²) in [6.45, 7) is 10.2. The minimum absolute atomic E-state index is 0.0432. The molecule has 0 aliphatic heterocycles. The number of benzene rings is 1. The van der Waals surface area contributed by atoms with Crippen molar-refractivity contribution in [1.82, 2.24) is 5.32 Å². The second-order valence-corrected chi connectivity index (χ2v) is 5.53. The van der Waals surface area contributed by atoms with Crippen molar-refractivity contribution in [2.75, 3.05) is 0 Å². The van der Waals surface area contributed by atoms with E-state index in [0.717, 1.165) is 12.0 Å². The lowest BCUT2D eigenvalue weighted by atomic mass is 10.00. The Morgan fingerprint density at radius 3 is 2.18 bits per heavy atom. The van der Waals surface area contributed by atoms with Gasteiger partial charge >= 0.3 is 0 Å². The Balaban J connectivity index is 2.75. The van der Waals surface area contributed by atoms with E-state index in [1.54, 1.807) is 0 Å². The molecule has 1 N–H and O–H groups in total. The van der Waals surface area contributed by atoms with E-state index in [0.29, 0.717) is 0 Å². The van der Waals surface area contributed by atoms with Crippen molar-refractivity contribution in [3.63, 3.8) is 0 Å². The van der Waals surface area contributed by atoms with Crippen LogP contribution in [0.5, 0.6) is 0 Å². The van der Waals surface area contributed by atoms with Gasteiger partial charge in [0.05, 0.1) is 6.04 Å². The zero-order valence-electron chi connectivity index (χ0n) is 11.5. The molecule has 0 aliphatic rings. The summed E-state index contributed by atoms with van der Waals surface area (Å²) in [5.41, 5.74) is 2.00. The van der Waals surface area contributed by atoms with E-state index in [2.05, 4.69) is 33.0 Å². The molecule has 1 aromatic carbocycles. The molecule has 0 aliphatic carbocycles. The van der Waals surface area contributed by atoms with Crippen LogP contribution in [0.4, 0.5) is 0 Å². The summed E-state index contributed by atoms with van der Waals surface area (Å²) >= 11 is 0. The maximum atomic E-state index is 12.2. The van der Waals surface area contributed by atoms with Crippen LogP contribution in [0.15, 0.2) is 24.3 Å². The lowest BCUT2D eigenvalue weighted by Crippen LogP contribution is -2.46. The van der Waals surface area contributed by atoms with Gasteiger partial charge in [0.15, 0.2) is 5.78 Å². The Hall–Kier alpha value is -1.15. The van der Waals surface area contributed by atoms with Crippen molar-refractivity contribution < 1.29 is 4.79 Å². The Kier molecular flexibility index (Phi) is 4.47. The third-order valence-corrected chi connectivity index (χ3v) is 2.69. The van der Waals surface area contributed by atoms with Crippen LogP contribution in [0, 0.1) is 0 Å². The van der Waals surface area contributed by atoms with Crippen LogP contribution in [0.2, 0.25) is 0 Å². The molecular weight excluding hydrogens is 210 g/mol. The Labute approximate surface area is 104 Å². The second-order valence-electron chi connectivity index (χ2n) is 5.53. The number of hydrogen-bond acceptors (Lipinski definition) is 2. The zero-order valence-corrected chi connectivity index (χ0v) is 11.5. The molecule has 1 atom stereocenters. The smallest absolute Gasteiger partial charge is 0.179 e. The fraction of sp³-hybridized carbons (Fsp3) is 0.533. The van der Waals surface area contributed by atoms with E-state index < -0.39 is 0 Å². The van der Waals surface area contributed by atoms with Gasteiger partial charge in [0, 0.05) is 11.1 Å². The monoisotopic (exact) mass is 233 g/mol. The van der Waals surface area contributed by atoms with Crippen LogP contribution in [-0.2, 0) is 6.42 Å². The first kappa shape index (κ1) is 13.9. The fourth-order valence-corrected chi connectivity index (χ4v) is 1.87. The summed E-state index contributed by atoms with van der Waals surface area (Å²) < 4.78 is 0. The van der Waals surface area contributed by atoms with Gasteiger partial charge in [-0.05, 0) is 39.7 Å². The molecule has 0 bridgehead atoms. The Bertz CT molecular complexity index is 373. The Morgan fingerprint density at radius 1 is 1.24 bits per heavy atom. The summed E-state index contributed by atoms with van der Waals surface area (Å²) in [7, 11) is 0. The number of ketones is 1. The molecule has 2 heteroatoms. The molecule has 0 radical (unpaired) electrons. The van der Waals surface area contributed by atoms with Crippen molar-refractivity contribution in [1.29, 1.82) is 0 Å². The standard InChI is InChI=1S/C15H23NO/c1-6-12-7-9-13(10-8-12)14(17)11(2)16-15(3,4)5/h7-11,16H,6H2,1-5H3. The molecule has 0 heterocycles. The predicted octanol–water partition coefficient (Wildman–Crippen LogP) is 3.21. The molecule has 0 spiro atoms. The van der Waals surface area contributed by atoms with E-state index in [-0.39, 0.29) is 17.4 Å². The van der Waals surface area contributed by atoms with E-state index in [1.807, 2.05) is 31.2 Å². The van der Waals surface area contributed by atoms with E-state index in [1.165, 1.54) is 5.56 Å². The van der Waals surface area contributed by atoms with Crippen LogP contribution in [0.25, 0.3) is 0 Å². The van der Waals surface area contributed by atoms with Crippen LogP contribution < -0.4 is 5.32 Å². The quantitative estimate of drug-likeness (QED) is 0.809. The van der Waals surface area contributed by atoms with Crippen LogP contribution in [-0.4, -0.2) is 17.4 Å². The number of nitrogens with one attached hydrogen (secondary N) is 1. The highest BCUT2D eigenvalue weighted by molar-refractivity contribution is 5.99. The average molecular weight is 233 g/mol. The number of aryl methyl sites for hydroxylation is 1. The lowest BCUT2D eigenvalue weighted by molar-refractivity contribution is 0.0936. The van der Waals surface area contributed by atoms with Gasteiger partial charge in [0.25, 0.3) is 0 Å². The number of carbonyl (C=O) groups excluding carboxylic acids is 1. The Morgan fingerprint density at radius 2 is 1.76 bits per heavy atom. The molecule has 94 valence electrons. The van der Waals surface area contributed by atoms with Crippen molar-refractivity contribution >= 4 is 5.78 Å². The number of Topliss-reactive ketones (excluding diaryl/α,β-unsaturated/α-hetero) is 1. The molecule has 0 saturated heterocycles. The van der Waals surface area contributed by atoms with E-state index in [9.17, 15) is 4.79 Å². The van der Waals surface area contributed by atoms with Gasteiger partial charge in [-0.15, -0.1) is 0 Å². The summed E-state index contributed by atoms with van der Waals surface area (Å²) in [4.78, 5) is 12.2. The summed E-state index contributed by atoms with van der Waals surface area (Å²) in [5.74, 6) is 0.155. The first-order valence-electron chi connectivity index (χ1n) is 6.24. The fourth-order valence-electron chi connectivity index (χ4n) is 1.87. The molecular formula is C15H23NO. The highest BCUT2D eigenvalue weighted by Gasteiger charge is 2.20.